The number of benzene rings is 2. The fourth-order valence-corrected chi connectivity index (χ4v) is 4.73. The largest absolute Gasteiger partial charge is 0.480 e. The molecule has 0 unspecified atom stereocenters. The monoisotopic (exact) mass is 432 g/mol. The lowest BCUT2D eigenvalue weighted by Crippen LogP contribution is -2.36. The maximum Gasteiger partial charge on any atom is 0.317 e. The molecule has 0 saturated carbocycles. The number of nitrogens with one attached hydrogen (secondary N) is 1. The molecule has 2 N–H and O–H groups in total. The first kappa shape index (κ1) is 22.2. The van der Waals surface area contributed by atoms with Gasteiger partial charge in [0.2, 0.25) is 0 Å². The predicted molar refractivity (Wildman–Crippen MR) is 128 cm³/mol. The van der Waals surface area contributed by atoms with Gasteiger partial charge in [-0.3, -0.25) is 9.69 Å². The van der Waals surface area contributed by atoms with Crippen molar-refractivity contribution in [3.05, 3.63) is 64.5 Å². The Balaban J connectivity index is 1.64. The van der Waals surface area contributed by atoms with Gasteiger partial charge in [-0.2, -0.15) is 0 Å². The van der Waals surface area contributed by atoms with Gasteiger partial charge < -0.3 is 10.4 Å². The van der Waals surface area contributed by atoms with Crippen LogP contribution >= 0.6 is 0 Å². The molecule has 0 bridgehead atoms. The molecule has 2 heterocycles. The highest BCUT2D eigenvalue weighted by Crippen LogP contribution is 2.34. The summed E-state index contributed by atoms with van der Waals surface area (Å²) < 4.78 is 0. The molecule has 0 aliphatic carbocycles. The van der Waals surface area contributed by atoms with Gasteiger partial charge >= 0.3 is 5.97 Å². The number of anilines is 1. The van der Waals surface area contributed by atoms with E-state index in [0.717, 1.165) is 54.0 Å². The van der Waals surface area contributed by atoms with Crippen LogP contribution in [-0.4, -0.2) is 45.6 Å². The average Bonchev–Trinajstić information content (AvgIpc) is 2.74. The second-order valence-corrected chi connectivity index (χ2v) is 9.08. The summed E-state index contributed by atoms with van der Waals surface area (Å²) in [5, 5.41) is 13.7. The number of nitrogens with zero attached hydrogens (tertiary/aromatic N) is 3. The van der Waals surface area contributed by atoms with Crippen molar-refractivity contribution in [2.45, 2.75) is 52.5 Å². The van der Waals surface area contributed by atoms with Crippen LogP contribution in [0.3, 0.4) is 0 Å². The SMILES string of the molecule is Cc1cccc([C@@H](C)Nc2nc(C)nc3c(C)cc(C4CCN(CC(=O)O)CC4)cc23)c1. The second-order valence-electron chi connectivity index (χ2n) is 9.08. The van der Waals surface area contributed by atoms with Crippen LogP contribution in [0.4, 0.5) is 5.82 Å². The first-order chi connectivity index (χ1) is 15.3. The van der Waals surface area contributed by atoms with Crippen LogP contribution in [0.25, 0.3) is 10.9 Å². The van der Waals surface area contributed by atoms with Crippen molar-refractivity contribution in [1.82, 2.24) is 14.9 Å². The van der Waals surface area contributed by atoms with E-state index in [2.05, 4.69) is 62.5 Å². The number of fused-ring (bicyclic) bond motifs is 1. The van der Waals surface area contributed by atoms with Crippen molar-refractivity contribution in [3.63, 3.8) is 0 Å². The molecule has 3 aromatic rings. The molecule has 4 rings (SSSR count). The third kappa shape index (κ3) is 4.91. The van der Waals surface area contributed by atoms with Crippen LogP contribution < -0.4 is 5.32 Å². The third-order valence-corrected chi connectivity index (χ3v) is 6.44. The molecule has 1 atom stereocenters. The number of aromatic nitrogens is 2. The van der Waals surface area contributed by atoms with E-state index >= 15 is 0 Å². The Labute approximate surface area is 189 Å². The Morgan fingerprint density at radius 2 is 1.91 bits per heavy atom. The van der Waals surface area contributed by atoms with Crippen molar-refractivity contribution >= 4 is 22.7 Å². The Morgan fingerprint density at radius 3 is 2.59 bits per heavy atom. The van der Waals surface area contributed by atoms with Gasteiger partial charge in [-0.25, -0.2) is 9.97 Å². The number of carboxylic acid groups (broad SMARTS) is 1. The number of carbonyl (C=O) groups is 1. The summed E-state index contributed by atoms with van der Waals surface area (Å²) in [6.07, 6.45) is 1.93. The zero-order valence-corrected chi connectivity index (χ0v) is 19.4. The van der Waals surface area contributed by atoms with Crippen LogP contribution in [0.2, 0.25) is 0 Å². The van der Waals surface area contributed by atoms with Gasteiger partial charge in [0.15, 0.2) is 0 Å². The number of carboxylic acids is 1. The maximum atomic E-state index is 11.0. The number of aryl methyl sites for hydroxylation is 3. The standard InChI is InChI=1S/C26H32N4O2/c1-16-6-5-7-21(12-16)18(3)27-26-23-14-22(13-17(2)25(23)28-19(4)29-26)20-8-10-30(11-9-20)15-24(31)32/h5-7,12-14,18,20H,8-11,15H2,1-4H3,(H,31,32)(H,27,28,29)/t18-/m1/s1. The van der Waals surface area contributed by atoms with Crippen LogP contribution in [0.5, 0.6) is 0 Å². The Hall–Kier alpha value is -2.99. The molecule has 6 nitrogen and oxygen atoms in total. The van der Waals surface area contributed by atoms with Gasteiger partial charge in [-0.05, 0) is 82.3 Å². The highest BCUT2D eigenvalue weighted by Gasteiger charge is 2.23. The molecular weight excluding hydrogens is 400 g/mol. The summed E-state index contributed by atoms with van der Waals surface area (Å²) >= 11 is 0. The first-order valence-corrected chi connectivity index (χ1v) is 11.4. The molecule has 1 aliphatic heterocycles. The molecule has 168 valence electrons. The molecule has 6 heteroatoms. The molecule has 1 aliphatic rings. The minimum atomic E-state index is -0.754. The highest BCUT2D eigenvalue weighted by molar-refractivity contribution is 5.92. The topological polar surface area (TPSA) is 78.4 Å². The summed E-state index contributed by atoms with van der Waals surface area (Å²) in [4.78, 5) is 22.5. The van der Waals surface area contributed by atoms with E-state index in [1.54, 1.807) is 0 Å². The summed E-state index contributed by atoms with van der Waals surface area (Å²) in [5.41, 5.74) is 5.91. The fraction of sp³-hybridized carbons (Fsp3) is 0.423. The number of likely N-dealkylation sites (tertiary alicyclic amines) is 1. The molecular formula is C26H32N4O2. The van der Waals surface area contributed by atoms with Crippen LogP contribution in [0, 0.1) is 20.8 Å². The normalized spacial score (nSPS) is 16.2. The van der Waals surface area contributed by atoms with E-state index in [0.29, 0.717) is 5.92 Å². The van der Waals surface area contributed by atoms with Crippen molar-refractivity contribution in [2.24, 2.45) is 0 Å². The predicted octanol–water partition coefficient (Wildman–Crippen LogP) is 4.99. The summed E-state index contributed by atoms with van der Waals surface area (Å²) in [6, 6.07) is 13.2. The van der Waals surface area contributed by atoms with Crippen LogP contribution in [0.15, 0.2) is 36.4 Å². The maximum absolute atomic E-state index is 11.0. The number of hydrogen-bond donors (Lipinski definition) is 2. The first-order valence-electron chi connectivity index (χ1n) is 11.4. The number of aliphatic carboxylic acids is 1. The van der Waals surface area contributed by atoms with E-state index in [9.17, 15) is 4.79 Å². The van der Waals surface area contributed by atoms with E-state index in [1.807, 2.05) is 11.8 Å². The van der Waals surface area contributed by atoms with Gasteiger partial charge in [0.05, 0.1) is 12.1 Å². The second kappa shape index (κ2) is 9.25. The van der Waals surface area contributed by atoms with Gasteiger partial charge in [0.25, 0.3) is 0 Å². The van der Waals surface area contributed by atoms with E-state index in [1.165, 1.54) is 16.7 Å². The van der Waals surface area contributed by atoms with Gasteiger partial charge in [0, 0.05) is 11.4 Å². The Kier molecular flexibility index (Phi) is 6.42. The summed E-state index contributed by atoms with van der Waals surface area (Å²) in [7, 11) is 0. The van der Waals surface area contributed by atoms with E-state index < -0.39 is 5.97 Å². The summed E-state index contributed by atoms with van der Waals surface area (Å²) in [5.74, 6) is 1.30. The molecule has 1 saturated heterocycles. The molecule has 1 fully saturated rings. The molecule has 0 amide bonds. The van der Waals surface area contributed by atoms with Crippen molar-refractivity contribution in [1.29, 1.82) is 0 Å². The molecule has 0 radical (unpaired) electrons. The minimum absolute atomic E-state index is 0.121. The third-order valence-electron chi connectivity index (χ3n) is 6.44. The highest BCUT2D eigenvalue weighted by atomic mass is 16.4. The van der Waals surface area contributed by atoms with Gasteiger partial charge in [-0.15, -0.1) is 0 Å². The lowest BCUT2D eigenvalue weighted by molar-refractivity contribution is -0.138. The van der Waals surface area contributed by atoms with Gasteiger partial charge in [-0.1, -0.05) is 35.9 Å². The molecule has 1 aromatic heterocycles. The zero-order valence-electron chi connectivity index (χ0n) is 19.4. The van der Waals surface area contributed by atoms with Crippen molar-refractivity contribution in [3.8, 4) is 0 Å². The Bertz CT molecular complexity index is 1140. The minimum Gasteiger partial charge on any atom is -0.480 e. The summed E-state index contributed by atoms with van der Waals surface area (Å²) in [6.45, 7) is 10.1. The fourth-order valence-electron chi connectivity index (χ4n) is 4.73. The smallest absolute Gasteiger partial charge is 0.317 e. The number of piperidine rings is 1. The van der Waals surface area contributed by atoms with Crippen molar-refractivity contribution < 1.29 is 9.90 Å². The van der Waals surface area contributed by atoms with Crippen LogP contribution in [0.1, 0.15) is 59.8 Å². The lowest BCUT2D eigenvalue weighted by atomic mass is 9.87. The average molecular weight is 433 g/mol. The quantitative estimate of drug-likeness (QED) is 0.571. The van der Waals surface area contributed by atoms with Crippen molar-refractivity contribution in [2.75, 3.05) is 25.0 Å². The lowest BCUT2D eigenvalue weighted by Gasteiger charge is -2.31. The van der Waals surface area contributed by atoms with Gasteiger partial charge in [0.1, 0.15) is 11.6 Å². The van der Waals surface area contributed by atoms with E-state index in [-0.39, 0.29) is 12.6 Å². The zero-order chi connectivity index (χ0) is 22.8. The Morgan fingerprint density at radius 1 is 1.16 bits per heavy atom. The molecule has 2 aromatic carbocycles. The molecule has 32 heavy (non-hydrogen) atoms. The molecule has 0 spiro atoms. The number of hydrogen-bond acceptors (Lipinski definition) is 5. The number of rotatable bonds is 6. The van der Waals surface area contributed by atoms with Crippen LogP contribution in [-0.2, 0) is 4.79 Å². The van der Waals surface area contributed by atoms with E-state index in [4.69, 9.17) is 15.1 Å².